The fourth-order valence-electron chi connectivity index (χ4n) is 2.57. The Kier molecular flexibility index (Phi) is 8.36. The molecule has 0 bridgehead atoms. The molecule has 0 atom stereocenters. The SMILES string of the molecule is COC(=O)CCCCNC(=O)COC(c1ccccc1)c1ccccc1. The minimum absolute atomic E-state index is 0.0224. The van der Waals surface area contributed by atoms with Gasteiger partial charge in [-0.15, -0.1) is 0 Å². The van der Waals surface area contributed by atoms with Crippen molar-refractivity contribution in [3.05, 3.63) is 71.8 Å². The van der Waals surface area contributed by atoms with Gasteiger partial charge in [0.1, 0.15) is 12.7 Å². The quantitative estimate of drug-likeness (QED) is 0.525. The molecule has 0 spiro atoms. The van der Waals surface area contributed by atoms with E-state index in [1.165, 1.54) is 7.11 Å². The zero-order valence-corrected chi connectivity index (χ0v) is 15.0. The molecule has 5 nitrogen and oxygen atoms in total. The van der Waals surface area contributed by atoms with Crippen molar-refractivity contribution < 1.29 is 19.1 Å². The fourth-order valence-corrected chi connectivity index (χ4v) is 2.57. The molecular weight excluding hydrogens is 330 g/mol. The smallest absolute Gasteiger partial charge is 0.305 e. The van der Waals surface area contributed by atoms with E-state index in [9.17, 15) is 9.59 Å². The molecule has 2 aromatic carbocycles. The molecular formula is C21H25NO4. The lowest BCUT2D eigenvalue weighted by atomic mass is 10.0. The molecule has 0 fully saturated rings. The highest BCUT2D eigenvalue weighted by molar-refractivity contribution is 5.77. The van der Waals surface area contributed by atoms with E-state index in [0.717, 1.165) is 17.5 Å². The van der Waals surface area contributed by atoms with E-state index in [-0.39, 0.29) is 24.6 Å². The predicted molar refractivity (Wildman–Crippen MR) is 99.6 cm³/mol. The number of benzene rings is 2. The first-order valence-electron chi connectivity index (χ1n) is 8.75. The summed E-state index contributed by atoms with van der Waals surface area (Å²) in [6, 6.07) is 19.7. The third-order valence-corrected chi connectivity index (χ3v) is 3.94. The average molecular weight is 355 g/mol. The summed E-state index contributed by atoms with van der Waals surface area (Å²) < 4.78 is 10.5. The van der Waals surface area contributed by atoms with Gasteiger partial charge in [0.2, 0.25) is 5.91 Å². The number of esters is 1. The monoisotopic (exact) mass is 355 g/mol. The third kappa shape index (κ3) is 6.69. The fraction of sp³-hybridized carbons (Fsp3) is 0.333. The molecule has 0 unspecified atom stereocenters. The van der Waals surface area contributed by atoms with Gasteiger partial charge in [-0.2, -0.15) is 0 Å². The van der Waals surface area contributed by atoms with E-state index >= 15 is 0 Å². The van der Waals surface area contributed by atoms with E-state index in [0.29, 0.717) is 19.4 Å². The van der Waals surface area contributed by atoms with Crippen LogP contribution >= 0.6 is 0 Å². The minimum atomic E-state index is -0.289. The first kappa shape index (κ1) is 19.7. The highest BCUT2D eigenvalue weighted by atomic mass is 16.5. The van der Waals surface area contributed by atoms with E-state index < -0.39 is 0 Å². The number of carbonyl (C=O) groups is 2. The van der Waals surface area contributed by atoms with Crippen molar-refractivity contribution in [1.29, 1.82) is 0 Å². The Hall–Kier alpha value is -2.66. The maximum absolute atomic E-state index is 12.0. The largest absolute Gasteiger partial charge is 0.469 e. The molecule has 5 heteroatoms. The summed E-state index contributed by atoms with van der Waals surface area (Å²) in [6.07, 6.45) is 1.49. The highest BCUT2D eigenvalue weighted by Crippen LogP contribution is 2.25. The second kappa shape index (κ2) is 11.1. The number of amides is 1. The maximum Gasteiger partial charge on any atom is 0.305 e. The highest BCUT2D eigenvalue weighted by Gasteiger charge is 2.15. The topological polar surface area (TPSA) is 64.6 Å². The molecule has 1 amide bonds. The number of ether oxygens (including phenoxy) is 2. The molecule has 1 N–H and O–H groups in total. The standard InChI is InChI=1S/C21H25NO4/c1-25-20(24)14-8-9-15-22-19(23)16-26-21(17-10-4-2-5-11-17)18-12-6-3-7-13-18/h2-7,10-13,21H,8-9,14-16H2,1H3,(H,22,23). The van der Waals surface area contributed by atoms with Gasteiger partial charge >= 0.3 is 5.97 Å². The Morgan fingerprint density at radius 3 is 2.04 bits per heavy atom. The van der Waals surface area contributed by atoms with E-state index in [4.69, 9.17) is 4.74 Å². The lowest BCUT2D eigenvalue weighted by Gasteiger charge is -2.18. The Morgan fingerprint density at radius 2 is 1.50 bits per heavy atom. The molecule has 0 heterocycles. The van der Waals surface area contributed by atoms with Crippen molar-refractivity contribution in [3.8, 4) is 0 Å². The Labute approximate surface area is 154 Å². The molecule has 0 aliphatic carbocycles. The Morgan fingerprint density at radius 1 is 0.923 bits per heavy atom. The predicted octanol–water partition coefficient (Wildman–Crippen LogP) is 3.25. The summed E-state index contributed by atoms with van der Waals surface area (Å²) >= 11 is 0. The van der Waals surface area contributed by atoms with Gasteiger partial charge in [0.15, 0.2) is 0 Å². The van der Waals surface area contributed by atoms with Crippen molar-refractivity contribution in [2.75, 3.05) is 20.3 Å². The average Bonchev–Trinajstić information content (AvgIpc) is 2.69. The number of hydrogen-bond donors (Lipinski definition) is 1. The second-order valence-corrected chi connectivity index (χ2v) is 5.90. The second-order valence-electron chi connectivity index (χ2n) is 5.90. The molecule has 2 aromatic rings. The number of unbranched alkanes of at least 4 members (excludes halogenated alkanes) is 1. The van der Waals surface area contributed by atoms with Crippen molar-refractivity contribution in [2.24, 2.45) is 0 Å². The molecule has 138 valence electrons. The van der Waals surface area contributed by atoms with Crippen molar-refractivity contribution in [2.45, 2.75) is 25.4 Å². The number of rotatable bonds is 10. The number of methoxy groups -OCH3 is 1. The van der Waals surface area contributed by atoms with Gasteiger partial charge in [-0.1, -0.05) is 60.7 Å². The Balaban J connectivity index is 1.82. The number of nitrogens with one attached hydrogen (secondary N) is 1. The lowest BCUT2D eigenvalue weighted by molar-refractivity contribution is -0.140. The van der Waals surface area contributed by atoms with E-state index in [2.05, 4.69) is 10.1 Å². The van der Waals surface area contributed by atoms with Crippen LogP contribution in [0.4, 0.5) is 0 Å². The van der Waals surface area contributed by atoms with Crippen LogP contribution in [-0.4, -0.2) is 32.1 Å². The van der Waals surface area contributed by atoms with Crippen LogP contribution in [0.25, 0.3) is 0 Å². The molecule has 0 radical (unpaired) electrons. The zero-order valence-electron chi connectivity index (χ0n) is 15.0. The molecule has 0 saturated heterocycles. The van der Waals surface area contributed by atoms with Crippen molar-refractivity contribution >= 4 is 11.9 Å². The van der Waals surface area contributed by atoms with Crippen molar-refractivity contribution in [3.63, 3.8) is 0 Å². The van der Waals surface area contributed by atoms with Crippen LogP contribution < -0.4 is 5.32 Å². The maximum atomic E-state index is 12.0. The first-order chi connectivity index (χ1) is 12.7. The van der Waals surface area contributed by atoms with Gasteiger partial charge in [0, 0.05) is 13.0 Å². The molecule has 0 aromatic heterocycles. The third-order valence-electron chi connectivity index (χ3n) is 3.94. The number of hydrogen-bond acceptors (Lipinski definition) is 4. The zero-order chi connectivity index (χ0) is 18.6. The van der Waals surface area contributed by atoms with Gasteiger partial charge in [-0.25, -0.2) is 0 Å². The number of carbonyl (C=O) groups excluding carboxylic acids is 2. The van der Waals surface area contributed by atoms with E-state index in [1.54, 1.807) is 0 Å². The Bertz CT molecular complexity index is 633. The lowest BCUT2D eigenvalue weighted by Crippen LogP contribution is -2.29. The molecule has 0 aliphatic rings. The van der Waals surface area contributed by atoms with Crippen LogP contribution in [0.15, 0.2) is 60.7 Å². The van der Waals surface area contributed by atoms with Gasteiger partial charge in [0.25, 0.3) is 0 Å². The van der Waals surface area contributed by atoms with Gasteiger partial charge in [-0.3, -0.25) is 9.59 Å². The minimum Gasteiger partial charge on any atom is -0.469 e. The van der Waals surface area contributed by atoms with Gasteiger partial charge < -0.3 is 14.8 Å². The van der Waals surface area contributed by atoms with E-state index in [1.807, 2.05) is 60.7 Å². The van der Waals surface area contributed by atoms with Crippen LogP contribution in [0, 0.1) is 0 Å². The molecule has 0 aliphatic heterocycles. The van der Waals surface area contributed by atoms with Gasteiger partial charge in [-0.05, 0) is 24.0 Å². The molecule has 0 saturated carbocycles. The summed E-state index contributed by atoms with van der Waals surface area (Å²) in [6.45, 7) is 0.492. The van der Waals surface area contributed by atoms with Gasteiger partial charge in [0.05, 0.1) is 7.11 Å². The van der Waals surface area contributed by atoms with Crippen molar-refractivity contribution in [1.82, 2.24) is 5.32 Å². The first-order valence-corrected chi connectivity index (χ1v) is 8.75. The summed E-state index contributed by atoms with van der Waals surface area (Å²) in [5.74, 6) is -0.395. The molecule has 2 rings (SSSR count). The van der Waals surface area contributed by atoms with Crippen LogP contribution in [0.5, 0.6) is 0 Å². The summed E-state index contributed by atoms with van der Waals surface area (Å²) in [5, 5.41) is 2.82. The van der Waals surface area contributed by atoms with Crippen LogP contribution in [-0.2, 0) is 19.1 Å². The summed E-state index contributed by atoms with van der Waals surface area (Å²) in [5.41, 5.74) is 2.01. The van der Waals surface area contributed by atoms with Crippen LogP contribution in [0.2, 0.25) is 0 Å². The summed E-state index contributed by atoms with van der Waals surface area (Å²) in [7, 11) is 1.37. The van der Waals surface area contributed by atoms with Crippen LogP contribution in [0.1, 0.15) is 36.5 Å². The molecule has 26 heavy (non-hydrogen) atoms. The normalized spacial score (nSPS) is 10.5. The summed E-state index contributed by atoms with van der Waals surface area (Å²) in [4.78, 5) is 23.1. The van der Waals surface area contributed by atoms with Crippen LogP contribution in [0.3, 0.4) is 0 Å².